The third-order valence-corrected chi connectivity index (χ3v) is 4.25. The van der Waals surface area contributed by atoms with Crippen LogP contribution < -0.4 is 5.32 Å². The van der Waals surface area contributed by atoms with Crippen molar-refractivity contribution in [2.24, 2.45) is 5.92 Å². The third-order valence-electron chi connectivity index (χ3n) is 4.25. The van der Waals surface area contributed by atoms with Crippen molar-refractivity contribution in [2.75, 3.05) is 13.1 Å². The van der Waals surface area contributed by atoms with Crippen molar-refractivity contribution in [1.82, 2.24) is 10.2 Å². The van der Waals surface area contributed by atoms with Crippen LogP contribution >= 0.6 is 0 Å². The van der Waals surface area contributed by atoms with Crippen molar-refractivity contribution < 1.29 is 0 Å². The van der Waals surface area contributed by atoms with Gasteiger partial charge in [0, 0.05) is 18.1 Å². The highest BCUT2D eigenvalue weighted by Gasteiger charge is 2.31. The zero-order chi connectivity index (χ0) is 10.8. The second kappa shape index (κ2) is 4.84. The van der Waals surface area contributed by atoms with E-state index in [0.29, 0.717) is 0 Å². The van der Waals surface area contributed by atoms with Crippen molar-refractivity contribution in [3.8, 4) is 0 Å². The Morgan fingerprint density at radius 1 is 1.33 bits per heavy atom. The molecule has 2 fully saturated rings. The number of nitrogens with zero attached hydrogens (tertiary/aromatic N) is 1. The van der Waals surface area contributed by atoms with Gasteiger partial charge >= 0.3 is 0 Å². The summed E-state index contributed by atoms with van der Waals surface area (Å²) in [6.07, 6.45) is 5.59. The molecule has 0 aromatic heterocycles. The van der Waals surface area contributed by atoms with Crippen molar-refractivity contribution in [1.29, 1.82) is 0 Å². The molecule has 2 nitrogen and oxygen atoms in total. The Hall–Kier alpha value is -0.0800. The fraction of sp³-hybridized carbons (Fsp3) is 1.00. The van der Waals surface area contributed by atoms with E-state index in [1.54, 1.807) is 0 Å². The Balaban J connectivity index is 1.75. The number of likely N-dealkylation sites (tertiary alicyclic amines) is 1. The molecule has 1 aliphatic carbocycles. The van der Waals surface area contributed by atoms with Gasteiger partial charge in [-0.3, -0.25) is 0 Å². The first-order valence-corrected chi connectivity index (χ1v) is 6.70. The van der Waals surface area contributed by atoms with Crippen LogP contribution in [0.4, 0.5) is 0 Å². The molecular weight excluding hydrogens is 184 g/mol. The smallest absolute Gasteiger partial charge is 0.00966 e. The van der Waals surface area contributed by atoms with Crippen molar-refractivity contribution in [3.63, 3.8) is 0 Å². The van der Waals surface area contributed by atoms with Gasteiger partial charge in [-0.2, -0.15) is 0 Å². The molecule has 1 saturated carbocycles. The number of nitrogens with one attached hydrogen (secondary N) is 1. The summed E-state index contributed by atoms with van der Waals surface area (Å²) in [4.78, 5) is 2.60. The minimum atomic E-state index is 0.760. The topological polar surface area (TPSA) is 15.3 Å². The van der Waals surface area contributed by atoms with Gasteiger partial charge in [0.05, 0.1) is 0 Å². The van der Waals surface area contributed by atoms with Crippen LogP contribution in [-0.2, 0) is 0 Å². The van der Waals surface area contributed by atoms with E-state index in [0.717, 1.165) is 24.0 Å². The molecule has 0 aromatic rings. The Bertz CT molecular complexity index is 201. The van der Waals surface area contributed by atoms with E-state index in [-0.39, 0.29) is 0 Å². The molecule has 2 aliphatic rings. The predicted molar refractivity (Wildman–Crippen MR) is 65.1 cm³/mol. The molecule has 2 heteroatoms. The zero-order valence-corrected chi connectivity index (χ0v) is 10.5. The standard InChI is InChI=1S/C13H26N2/c1-4-15-8-7-13(9-10(15)2)14-11(3)12-5-6-12/h10-14H,4-9H2,1-3H3. The van der Waals surface area contributed by atoms with Crippen LogP contribution in [0.25, 0.3) is 0 Å². The van der Waals surface area contributed by atoms with Gasteiger partial charge in [0.1, 0.15) is 0 Å². The lowest BCUT2D eigenvalue weighted by molar-refractivity contribution is 0.137. The van der Waals surface area contributed by atoms with Gasteiger partial charge < -0.3 is 10.2 Å². The minimum Gasteiger partial charge on any atom is -0.311 e. The molecule has 1 aliphatic heterocycles. The molecule has 1 heterocycles. The van der Waals surface area contributed by atoms with Crippen LogP contribution in [0.1, 0.15) is 46.5 Å². The first-order chi connectivity index (χ1) is 7.20. The lowest BCUT2D eigenvalue weighted by Gasteiger charge is -2.38. The highest BCUT2D eigenvalue weighted by atomic mass is 15.2. The van der Waals surface area contributed by atoms with Crippen LogP contribution in [0, 0.1) is 5.92 Å². The van der Waals surface area contributed by atoms with Gasteiger partial charge in [0.2, 0.25) is 0 Å². The summed E-state index contributed by atoms with van der Waals surface area (Å²) in [5.41, 5.74) is 0. The predicted octanol–water partition coefficient (Wildman–Crippen LogP) is 2.25. The summed E-state index contributed by atoms with van der Waals surface area (Å²) < 4.78 is 0. The normalized spacial score (nSPS) is 35.4. The Labute approximate surface area is 94.4 Å². The summed E-state index contributed by atoms with van der Waals surface area (Å²) in [5, 5.41) is 3.83. The molecule has 88 valence electrons. The zero-order valence-electron chi connectivity index (χ0n) is 10.5. The molecule has 1 saturated heterocycles. The maximum Gasteiger partial charge on any atom is 0.00966 e. The van der Waals surface area contributed by atoms with Gasteiger partial charge in [0.15, 0.2) is 0 Å². The van der Waals surface area contributed by atoms with Gasteiger partial charge in [0.25, 0.3) is 0 Å². The number of piperidine rings is 1. The monoisotopic (exact) mass is 210 g/mol. The van der Waals surface area contributed by atoms with Crippen molar-refractivity contribution in [2.45, 2.75) is 64.6 Å². The van der Waals surface area contributed by atoms with E-state index in [4.69, 9.17) is 0 Å². The maximum atomic E-state index is 3.83. The van der Waals surface area contributed by atoms with Gasteiger partial charge in [-0.25, -0.2) is 0 Å². The average molecular weight is 210 g/mol. The lowest BCUT2D eigenvalue weighted by Crippen LogP contribution is -2.49. The average Bonchev–Trinajstić information content (AvgIpc) is 3.01. The molecule has 2 rings (SSSR count). The van der Waals surface area contributed by atoms with Crippen molar-refractivity contribution in [3.05, 3.63) is 0 Å². The Morgan fingerprint density at radius 2 is 2.07 bits per heavy atom. The highest BCUT2D eigenvalue weighted by molar-refractivity contribution is 4.89. The summed E-state index contributed by atoms with van der Waals surface area (Å²) in [5.74, 6) is 0.990. The molecule has 0 aromatic carbocycles. The molecule has 3 atom stereocenters. The quantitative estimate of drug-likeness (QED) is 0.765. The summed E-state index contributed by atoms with van der Waals surface area (Å²) >= 11 is 0. The van der Waals surface area contributed by atoms with Crippen LogP contribution in [0.3, 0.4) is 0 Å². The maximum absolute atomic E-state index is 3.83. The van der Waals surface area contributed by atoms with Gasteiger partial charge in [-0.1, -0.05) is 6.92 Å². The Kier molecular flexibility index (Phi) is 3.68. The second-order valence-corrected chi connectivity index (χ2v) is 5.49. The summed E-state index contributed by atoms with van der Waals surface area (Å²) in [6.45, 7) is 9.52. The first-order valence-electron chi connectivity index (χ1n) is 6.70. The second-order valence-electron chi connectivity index (χ2n) is 5.49. The number of hydrogen-bond donors (Lipinski definition) is 1. The fourth-order valence-electron chi connectivity index (χ4n) is 2.95. The van der Waals surface area contributed by atoms with Crippen LogP contribution in [0.2, 0.25) is 0 Å². The van der Waals surface area contributed by atoms with Crippen LogP contribution in [0.5, 0.6) is 0 Å². The van der Waals surface area contributed by atoms with E-state index < -0.39 is 0 Å². The van der Waals surface area contributed by atoms with Crippen molar-refractivity contribution >= 4 is 0 Å². The summed E-state index contributed by atoms with van der Waals surface area (Å²) in [6, 6.07) is 2.31. The molecule has 15 heavy (non-hydrogen) atoms. The van der Waals surface area contributed by atoms with E-state index >= 15 is 0 Å². The Morgan fingerprint density at radius 3 is 2.60 bits per heavy atom. The number of hydrogen-bond acceptors (Lipinski definition) is 2. The molecular formula is C13H26N2. The van der Waals surface area contributed by atoms with E-state index in [1.807, 2.05) is 0 Å². The van der Waals surface area contributed by atoms with Gasteiger partial charge in [-0.05, 0) is 58.5 Å². The molecule has 3 unspecified atom stereocenters. The molecule has 0 spiro atoms. The van der Waals surface area contributed by atoms with E-state index in [2.05, 4.69) is 31.0 Å². The lowest BCUT2D eigenvalue weighted by atomic mass is 9.97. The third kappa shape index (κ3) is 2.94. The van der Waals surface area contributed by atoms with Crippen LogP contribution in [-0.4, -0.2) is 36.1 Å². The SMILES string of the molecule is CCN1CCC(NC(C)C2CC2)CC1C. The molecule has 1 N–H and O–H groups in total. The summed E-state index contributed by atoms with van der Waals surface area (Å²) in [7, 11) is 0. The molecule has 0 radical (unpaired) electrons. The van der Waals surface area contributed by atoms with E-state index in [9.17, 15) is 0 Å². The van der Waals surface area contributed by atoms with Crippen LogP contribution in [0.15, 0.2) is 0 Å². The highest BCUT2D eigenvalue weighted by Crippen LogP contribution is 2.33. The fourth-order valence-corrected chi connectivity index (χ4v) is 2.95. The van der Waals surface area contributed by atoms with E-state index in [1.165, 1.54) is 38.8 Å². The molecule has 0 bridgehead atoms. The largest absolute Gasteiger partial charge is 0.311 e. The minimum absolute atomic E-state index is 0.760. The number of rotatable bonds is 4. The molecule has 0 amide bonds. The first kappa shape index (κ1) is 11.4. The van der Waals surface area contributed by atoms with Gasteiger partial charge in [-0.15, -0.1) is 0 Å².